The van der Waals surface area contributed by atoms with E-state index in [2.05, 4.69) is 44.8 Å². The Balaban J connectivity index is 1.31. The van der Waals surface area contributed by atoms with Crippen LogP contribution in [-0.2, 0) is 22.9 Å². The summed E-state index contributed by atoms with van der Waals surface area (Å²) >= 11 is 7.42. The van der Waals surface area contributed by atoms with E-state index in [4.69, 9.17) is 21.1 Å². The predicted octanol–water partition coefficient (Wildman–Crippen LogP) is 6.32. The van der Waals surface area contributed by atoms with Gasteiger partial charge in [0.25, 0.3) is 5.91 Å². The van der Waals surface area contributed by atoms with Crippen LogP contribution in [0.1, 0.15) is 53.1 Å². The van der Waals surface area contributed by atoms with E-state index in [1.54, 1.807) is 54.7 Å². The molecule has 0 radical (unpaired) electrons. The topological polar surface area (TPSA) is 149 Å². The van der Waals surface area contributed by atoms with Gasteiger partial charge in [0.15, 0.2) is 22.5 Å². The molecule has 11 nitrogen and oxygen atoms in total. The molecule has 0 saturated carbocycles. The summed E-state index contributed by atoms with van der Waals surface area (Å²) in [7, 11) is -3.48. The third-order valence-corrected chi connectivity index (χ3v) is 9.65. The van der Waals surface area contributed by atoms with E-state index in [1.807, 2.05) is 11.4 Å². The second-order valence-electron chi connectivity index (χ2n) is 10.5. The highest BCUT2D eigenvalue weighted by Crippen LogP contribution is 2.31. The number of ether oxygens (including phenoxy) is 2. The zero-order valence-corrected chi connectivity index (χ0v) is 26.9. The van der Waals surface area contributed by atoms with Crippen molar-refractivity contribution in [2.75, 3.05) is 11.1 Å². The fraction of sp³-hybridized carbons (Fsp3) is 0.258. The molecule has 0 fully saturated rings. The molecule has 0 aliphatic carbocycles. The Morgan fingerprint density at radius 2 is 1.91 bits per heavy atom. The van der Waals surface area contributed by atoms with Crippen LogP contribution in [0.5, 0.6) is 11.5 Å². The van der Waals surface area contributed by atoms with Crippen LogP contribution in [0.4, 0.5) is 5.69 Å². The monoisotopic (exact) mass is 666 g/mol. The number of nitrogens with zero attached hydrogens (tertiary/aromatic N) is 4. The van der Waals surface area contributed by atoms with Gasteiger partial charge in [0.1, 0.15) is 16.5 Å². The Morgan fingerprint density at radius 3 is 2.62 bits per heavy atom. The van der Waals surface area contributed by atoms with Gasteiger partial charge in [0.2, 0.25) is 5.82 Å². The van der Waals surface area contributed by atoms with E-state index in [-0.39, 0.29) is 35.2 Å². The number of sulfone groups is 1. The number of aromatic amines is 1. The molecule has 234 valence electrons. The van der Waals surface area contributed by atoms with Crippen molar-refractivity contribution in [3.8, 4) is 11.5 Å². The lowest BCUT2D eigenvalue weighted by atomic mass is 10.1. The SMILES string of the molecule is CC(C)C(Oc1cccc(C(=O)Nc2cc(CCCS(=O)(=O)c3ccc(Cl)cc3)ccc2OCc2nn[nH]n2)c1)c1nccs1. The minimum absolute atomic E-state index is 0.0225. The number of carbonyl (C=O) groups excluding carboxylic acids is 1. The number of nitrogens with one attached hydrogen (secondary N) is 2. The number of anilines is 1. The lowest BCUT2D eigenvalue weighted by Crippen LogP contribution is -2.16. The van der Waals surface area contributed by atoms with E-state index in [0.29, 0.717) is 46.4 Å². The first kappa shape index (κ1) is 32.1. The van der Waals surface area contributed by atoms with Crippen LogP contribution in [0.3, 0.4) is 0 Å². The molecule has 2 heterocycles. The van der Waals surface area contributed by atoms with Crippen LogP contribution in [0.2, 0.25) is 5.02 Å². The van der Waals surface area contributed by atoms with Crippen molar-refractivity contribution in [2.24, 2.45) is 5.92 Å². The molecule has 0 aliphatic rings. The first-order valence-electron chi connectivity index (χ1n) is 14.1. The summed E-state index contributed by atoms with van der Waals surface area (Å²) in [6.45, 7) is 4.13. The lowest BCUT2D eigenvalue weighted by Gasteiger charge is -2.21. The Kier molecular flexibility index (Phi) is 10.4. The van der Waals surface area contributed by atoms with Crippen molar-refractivity contribution in [1.29, 1.82) is 0 Å². The van der Waals surface area contributed by atoms with Gasteiger partial charge in [-0.25, -0.2) is 13.4 Å². The minimum atomic E-state index is -3.48. The number of aromatic nitrogens is 5. The third kappa shape index (κ3) is 8.65. The zero-order chi connectivity index (χ0) is 31.8. The van der Waals surface area contributed by atoms with Crippen molar-refractivity contribution < 1.29 is 22.7 Å². The Labute approximate surface area is 269 Å². The second kappa shape index (κ2) is 14.6. The molecule has 0 aliphatic heterocycles. The molecule has 14 heteroatoms. The van der Waals surface area contributed by atoms with Gasteiger partial charge in [-0.1, -0.05) is 42.8 Å². The molecule has 0 spiro atoms. The summed E-state index contributed by atoms with van der Waals surface area (Å²) in [6.07, 6.45) is 2.32. The first-order valence-corrected chi connectivity index (χ1v) is 17.0. The van der Waals surface area contributed by atoms with Crippen molar-refractivity contribution in [1.82, 2.24) is 25.6 Å². The number of aryl methyl sites for hydroxylation is 1. The van der Waals surface area contributed by atoms with Crippen molar-refractivity contribution in [3.63, 3.8) is 0 Å². The van der Waals surface area contributed by atoms with Gasteiger partial charge in [0, 0.05) is 22.2 Å². The molecule has 3 aromatic carbocycles. The first-order chi connectivity index (χ1) is 21.7. The van der Waals surface area contributed by atoms with Crippen LogP contribution in [0.25, 0.3) is 0 Å². The highest BCUT2D eigenvalue weighted by Gasteiger charge is 2.21. The van der Waals surface area contributed by atoms with Crippen LogP contribution < -0.4 is 14.8 Å². The summed E-state index contributed by atoms with van der Waals surface area (Å²) < 4.78 is 37.8. The molecule has 2 N–H and O–H groups in total. The maximum absolute atomic E-state index is 13.5. The van der Waals surface area contributed by atoms with E-state index in [9.17, 15) is 13.2 Å². The number of carbonyl (C=O) groups is 1. The number of halogens is 1. The molecular formula is C31H31ClN6O5S2. The molecule has 1 atom stereocenters. The maximum atomic E-state index is 13.5. The van der Waals surface area contributed by atoms with E-state index in [0.717, 1.165) is 10.6 Å². The molecule has 1 amide bonds. The van der Waals surface area contributed by atoms with Crippen LogP contribution in [0.15, 0.2) is 83.2 Å². The molecule has 45 heavy (non-hydrogen) atoms. The summed E-state index contributed by atoms with van der Waals surface area (Å²) in [5.74, 6) is 1.02. The standard InChI is InChI=1S/C31H31ClN6O5S2/c1-20(2)29(31-33-14-15-44-31)43-24-7-3-6-22(18-24)30(39)34-26-17-21(8-13-27(26)42-19-28-35-37-38-36-28)5-4-16-45(40,41)25-11-9-23(32)10-12-25/h3,6-15,17-18,20,29H,4-5,16,19H2,1-2H3,(H,34,39)(H,35,36,37,38). The number of rotatable bonds is 14. The predicted molar refractivity (Wildman–Crippen MR) is 171 cm³/mol. The van der Waals surface area contributed by atoms with Gasteiger partial charge in [-0.05, 0) is 78.9 Å². The minimum Gasteiger partial charge on any atom is -0.483 e. The van der Waals surface area contributed by atoms with Gasteiger partial charge < -0.3 is 14.8 Å². The average Bonchev–Trinajstić information content (AvgIpc) is 3.75. The Morgan fingerprint density at radius 1 is 1.09 bits per heavy atom. The summed E-state index contributed by atoms with van der Waals surface area (Å²) in [6, 6.07) is 18.4. The van der Waals surface area contributed by atoms with E-state index < -0.39 is 9.84 Å². The van der Waals surface area contributed by atoms with Crippen LogP contribution in [-0.4, -0.2) is 45.7 Å². The number of thiazole rings is 1. The molecule has 0 bridgehead atoms. The van der Waals surface area contributed by atoms with Crippen LogP contribution in [0, 0.1) is 5.92 Å². The van der Waals surface area contributed by atoms with Crippen molar-refractivity contribution >= 4 is 44.4 Å². The van der Waals surface area contributed by atoms with Crippen molar-refractivity contribution in [2.45, 2.75) is 44.3 Å². The van der Waals surface area contributed by atoms with E-state index >= 15 is 0 Å². The lowest BCUT2D eigenvalue weighted by molar-refractivity contribution is 0.102. The highest BCUT2D eigenvalue weighted by atomic mass is 35.5. The number of amides is 1. The fourth-order valence-electron chi connectivity index (χ4n) is 4.47. The Bertz CT molecular complexity index is 1820. The molecular weight excluding hydrogens is 636 g/mol. The van der Waals surface area contributed by atoms with Gasteiger partial charge in [0.05, 0.1) is 16.3 Å². The number of hydrogen-bond acceptors (Lipinski definition) is 10. The molecule has 5 aromatic rings. The number of benzene rings is 3. The largest absolute Gasteiger partial charge is 0.483 e. The molecule has 5 rings (SSSR count). The summed E-state index contributed by atoms with van der Waals surface area (Å²) in [5, 5.41) is 19.9. The summed E-state index contributed by atoms with van der Waals surface area (Å²) in [5.41, 5.74) is 1.62. The number of hydrogen-bond donors (Lipinski definition) is 2. The fourth-order valence-corrected chi connectivity index (χ4v) is 6.74. The van der Waals surface area contributed by atoms with E-state index in [1.165, 1.54) is 23.5 Å². The molecule has 2 aromatic heterocycles. The normalized spacial score (nSPS) is 12.2. The highest BCUT2D eigenvalue weighted by molar-refractivity contribution is 7.91. The number of H-pyrrole nitrogens is 1. The van der Waals surface area contributed by atoms with Gasteiger partial charge >= 0.3 is 0 Å². The smallest absolute Gasteiger partial charge is 0.255 e. The zero-order valence-electron chi connectivity index (χ0n) is 24.5. The molecule has 1 unspecified atom stereocenters. The van der Waals surface area contributed by atoms with Gasteiger partial charge in [-0.3, -0.25) is 4.79 Å². The second-order valence-corrected chi connectivity index (χ2v) is 13.9. The quantitative estimate of drug-likeness (QED) is 0.139. The van der Waals surface area contributed by atoms with Crippen molar-refractivity contribution in [3.05, 3.63) is 105 Å². The van der Waals surface area contributed by atoms with Crippen LogP contribution >= 0.6 is 22.9 Å². The van der Waals surface area contributed by atoms with Gasteiger partial charge in [-0.15, -0.1) is 21.5 Å². The molecule has 0 saturated heterocycles. The summed E-state index contributed by atoms with van der Waals surface area (Å²) in [4.78, 5) is 18.1. The average molecular weight is 667 g/mol. The van der Waals surface area contributed by atoms with Gasteiger partial charge in [-0.2, -0.15) is 5.21 Å². The maximum Gasteiger partial charge on any atom is 0.255 e. The third-order valence-electron chi connectivity index (χ3n) is 6.75. The Hall–Kier alpha value is -4.33. The number of tetrazole rings is 1.